The maximum atomic E-state index is 12.1. The van der Waals surface area contributed by atoms with E-state index in [1.165, 1.54) is 5.57 Å². The van der Waals surface area contributed by atoms with E-state index in [2.05, 4.69) is 29.0 Å². The van der Waals surface area contributed by atoms with Crippen LogP contribution in [0.1, 0.15) is 39.2 Å². The number of nitrogens with one attached hydrogen (secondary N) is 1. The fourth-order valence-corrected chi connectivity index (χ4v) is 2.51. The van der Waals surface area contributed by atoms with Gasteiger partial charge in [-0.15, -0.1) is 12.6 Å². The van der Waals surface area contributed by atoms with Gasteiger partial charge in [0.1, 0.15) is 5.76 Å². The zero-order valence-electron chi connectivity index (χ0n) is 16.9. The molecule has 0 aliphatic heterocycles. The third-order valence-electron chi connectivity index (χ3n) is 3.65. The molecular formula is C23H30N2O2S. The number of allylic oxidation sites excluding steroid dienone is 6. The highest BCUT2D eigenvalue weighted by molar-refractivity contribution is 7.85. The Bertz CT molecular complexity index is 747. The molecule has 0 saturated carbocycles. The van der Waals surface area contributed by atoms with Gasteiger partial charge in [0, 0.05) is 18.9 Å². The Kier molecular flexibility index (Phi) is 12.2. The third kappa shape index (κ3) is 9.42. The van der Waals surface area contributed by atoms with Crippen LogP contribution in [-0.4, -0.2) is 24.0 Å². The van der Waals surface area contributed by atoms with E-state index in [0.29, 0.717) is 18.1 Å². The normalized spacial score (nSPS) is 13.8. The Morgan fingerprint density at radius 3 is 2.79 bits per heavy atom. The van der Waals surface area contributed by atoms with E-state index in [9.17, 15) is 4.79 Å². The first-order valence-electron chi connectivity index (χ1n) is 9.63. The van der Waals surface area contributed by atoms with Crippen LogP contribution in [0.15, 0.2) is 77.2 Å². The average Bonchev–Trinajstić information content (AvgIpc) is 2.95. The number of hydrogen-bond donors (Lipinski definition) is 2. The van der Waals surface area contributed by atoms with Gasteiger partial charge in [0.15, 0.2) is 0 Å². The van der Waals surface area contributed by atoms with E-state index in [0.717, 1.165) is 24.2 Å². The molecule has 2 rings (SSSR count). The smallest absolute Gasteiger partial charge is 0.257 e. The number of carbonyl (C=O) groups excluding carboxylic acids is 1. The molecule has 4 nitrogen and oxygen atoms in total. The largest absolute Gasteiger partial charge is 0.494 e. The van der Waals surface area contributed by atoms with E-state index in [1.54, 1.807) is 24.5 Å². The maximum Gasteiger partial charge on any atom is 0.257 e. The van der Waals surface area contributed by atoms with Gasteiger partial charge in [-0.25, -0.2) is 0 Å². The Labute approximate surface area is 174 Å². The summed E-state index contributed by atoms with van der Waals surface area (Å²) >= 11 is 4.26. The molecule has 0 saturated heterocycles. The van der Waals surface area contributed by atoms with E-state index in [4.69, 9.17) is 4.74 Å². The SMILES string of the molecule is CC.CCOC1=CC=CCC(CCNC(=O)/C(S)=C/C=C/c2ccncc2)=C1. The molecule has 1 aromatic rings. The molecule has 1 N–H and O–H groups in total. The lowest BCUT2D eigenvalue weighted by Crippen LogP contribution is -2.24. The number of aromatic nitrogens is 1. The molecule has 1 aliphatic rings. The van der Waals surface area contributed by atoms with Crippen LogP contribution in [0.5, 0.6) is 0 Å². The van der Waals surface area contributed by atoms with Crippen molar-refractivity contribution in [3.8, 4) is 0 Å². The average molecular weight is 399 g/mol. The van der Waals surface area contributed by atoms with Crippen molar-refractivity contribution >= 4 is 24.6 Å². The monoisotopic (exact) mass is 398 g/mol. The van der Waals surface area contributed by atoms with Crippen LogP contribution in [0.2, 0.25) is 0 Å². The number of rotatable bonds is 8. The lowest BCUT2D eigenvalue weighted by Gasteiger charge is -2.08. The minimum atomic E-state index is -0.182. The number of amides is 1. The second-order valence-electron chi connectivity index (χ2n) is 5.63. The molecule has 0 unspecified atom stereocenters. The lowest BCUT2D eigenvalue weighted by atomic mass is 10.1. The Hall–Kier alpha value is -2.53. The molecule has 0 spiro atoms. The summed E-state index contributed by atoms with van der Waals surface area (Å²) in [6.45, 7) is 7.16. The molecule has 1 aliphatic carbocycles. The zero-order chi connectivity index (χ0) is 20.6. The number of nitrogens with zero attached hydrogens (tertiary/aromatic N) is 1. The number of carbonyl (C=O) groups is 1. The van der Waals surface area contributed by atoms with Crippen molar-refractivity contribution in [2.45, 2.75) is 33.6 Å². The first-order valence-corrected chi connectivity index (χ1v) is 10.1. The van der Waals surface area contributed by atoms with Gasteiger partial charge in [0.2, 0.25) is 0 Å². The van der Waals surface area contributed by atoms with Gasteiger partial charge in [0.05, 0.1) is 11.5 Å². The van der Waals surface area contributed by atoms with Crippen LogP contribution in [0.25, 0.3) is 6.08 Å². The summed E-state index contributed by atoms with van der Waals surface area (Å²) in [5.74, 6) is 0.677. The van der Waals surface area contributed by atoms with E-state index in [-0.39, 0.29) is 5.91 Å². The van der Waals surface area contributed by atoms with Gasteiger partial charge in [-0.1, -0.05) is 43.7 Å². The predicted octanol–water partition coefficient (Wildman–Crippen LogP) is 5.25. The minimum Gasteiger partial charge on any atom is -0.494 e. The molecule has 0 radical (unpaired) electrons. The highest BCUT2D eigenvalue weighted by atomic mass is 32.1. The van der Waals surface area contributed by atoms with E-state index >= 15 is 0 Å². The van der Waals surface area contributed by atoms with Crippen LogP contribution < -0.4 is 5.32 Å². The topological polar surface area (TPSA) is 51.2 Å². The van der Waals surface area contributed by atoms with Crippen molar-refractivity contribution < 1.29 is 9.53 Å². The molecule has 1 amide bonds. The quantitative estimate of drug-likeness (QED) is 0.357. The van der Waals surface area contributed by atoms with Gasteiger partial charge >= 0.3 is 0 Å². The highest BCUT2D eigenvalue weighted by Gasteiger charge is 2.06. The van der Waals surface area contributed by atoms with E-state index in [1.807, 2.05) is 57.2 Å². The molecule has 150 valence electrons. The van der Waals surface area contributed by atoms with Gasteiger partial charge < -0.3 is 10.1 Å². The van der Waals surface area contributed by atoms with Crippen molar-refractivity contribution in [1.29, 1.82) is 0 Å². The summed E-state index contributed by atoms with van der Waals surface area (Å²) in [5.41, 5.74) is 2.24. The van der Waals surface area contributed by atoms with Gasteiger partial charge in [-0.05, 0) is 55.7 Å². The summed E-state index contributed by atoms with van der Waals surface area (Å²) in [4.78, 5) is 16.4. The number of ether oxygens (including phenoxy) is 1. The minimum absolute atomic E-state index is 0.182. The summed E-state index contributed by atoms with van der Waals surface area (Å²) in [7, 11) is 0. The second-order valence-corrected chi connectivity index (χ2v) is 6.12. The fourth-order valence-electron chi connectivity index (χ4n) is 2.35. The Morgan fingerprint density at radius 2 is 2.07 bits per heavy atom. The predicted molar refractivity (Wildman–Crippen MR) is 121 cm³/mol. The molecule has 0 bridgehead atoms. The van der Waals surface area contributed by atoms with Crippen molar-refractivity contribution in [3.63, 3.8) is 0 Å². The number of pyridine rings is 1. The Balaban J connectivity index is 0.00000190. The second kappa shape index (κ2) is 14.5. The lowest BCUT2D eigenvalue weighted by molar-refractivity contribution is -0.116. The summed E-state index contributed by atoms with van der Waals surface area (Å²) < 4.78 is 5.55. The standard InChI is InChI=1S/C21H24N2O2S.C2H6/c1-2-25-19-8-4-3-6-18(16-19)12-15-23-21(24)20(26)9-5-7-17-10-13-22-14-11-17;1-2/h3-5,7-11,13-14,16,26H,2,6,12,15H2,1H3,(H,23,24);1-2H3/b7-5+,20-9-;. The van der Waals surface area contributed by atoms with Crippen molar-refractivity contribution in [1.82, 2.24) is 10.3 Å². The van der Waals surface area contributed by atoms with Gasteiger partial charge in [-0.2, -0.15) is 0 Å². The molecule has 1 heterocycles. The van der Waals surface area contributed by atoms with E-state index < -0.39 is 0 Å². The fraction of sp³-hybridized carbons (Fsp3) is 0.304. The number of thiol groups is 1. The van der Waals surface area contributed by atoms with Crippen LogP contribution >= 0.6 is 12.6 Å². The third-order valence-corrected chi connectivity index (χ3v) is 4.00. The first kappa shape index (κ1) is 23.5. The van der Waals surface area contributed by atoms with Crippen molar-refractivity contribution in [2.24, 2.45) is 0 Å². The zero-order valence-corrected chi connectivity index (χ0v) is 17.8. The summed E-state index contributed by atoms with van der Waals surface area (Å²) in [6.07, 6.45) is 18.6. The molecule has 5 heteroatoms. The maximum absolute atomic E-state index is 12.1. The molecule has 0 aromatic carbocycles. The number of hydrogen-bond acceptors (Lipinski definition) is 4. The summed E-state index contributed by atoms with van der Waals surface area (Å²) in [5, 5.41) is 2.89. The molecule has 1 aromatic heterocycles. The first-order chi connectivity index (χ1) is 13.7. The Morgan fingerprint density at radius 1 is 1.32 bits per heavy atom. The van der Waals surface area contributed by atoms with Crippen LogP contribution in [0, 0.1) is 0 Å². The van der Waals surface area contributed by atoms with Crippen molar-refractivity contribution in [2.75, 3.05) is 13.2 Å². The van der Waals surface area contributed by atoms with Gasteiger partial charge in [-0.3, -0.25) is 9.78 Å². The van der Waals surface area contributed by atoms with Crippen molar-refractivity contribution in [3.05, 3.63) is 82.8 Å². The van der Waals surface area contributed by atoms with Crippen LogP contribution in [0.4, 0.5) is 0 Å². The summed E-state index contributed by atoms with van der Waals surface area (Å²) in [6, 6.07) is 3.78. The van der Waals surface area contributed by atoms with Crippen LogP contribution in [0.3, 0.4) is 0 Å². The molecule has 0 fully saturated rings. The molecule has 0 atom stereocenters. The highest BCUT2D eigenvalue weighted by Crippen LogP contribution is 2.16. The van der Waals surface area contributed by atoms with Gasteiger partial charge in [0.25, 0.3) is 5.91 Å². The molecular weight excluding hydrogens is 368 g/mol. The van der Waals surface area contributed by atoms with Crippen LogP contribution in [-0.2, 0) is 9.53 Å². The molecule has 28 heavy (non-hydrogen) atoms.